The second kappa shape index (κ2) is 8.53. The lowest BCUT2D eigenvalue weighted by molar-refractivity contribution is -0.134. The molecular formula is C21H22ClN3O4. The Labute approximate surface area is 174 Å². The van der Waals surface area contributed by atoms with Crippen LogP contribution in [0.25, 0.3) is 0 Å². The van der Waals surface area contributed by atoms with Crippen LogP contribution in [0.2, 0.25) is 5.02 Å². The summed E-state index contributed by atoms with van der Waals surface area (Å²) < 4.78 is 5.36. The number of nitrogens with zero attached hydrogens (tertiary/aromatic N) is 1. The summed E-state index contributed by atoms with van der Waals surface area (Å²) >= 11 is 5.93. The van der Waals surface area contributed by atoms with Crippen LogP contribution in [0.1, 0.15) is 25.8 Å². The van der Waals surface area contributed by atoms with E-state index in [-0.39, 0.29) is 6.54 Å². The number of urea groups is 1. The number of carbonyl (C=O) groups is 3. The Morgan fingerprint density at radius 3 is 2.34 bits per heavy atom. The van der Waals surface area contributed by atoms with E-state index in [2.05, 4.69) is 10.6 Å². The fourth-order valence-corrected chi connectivity index (χ4v) is 3.41. The molecule has 1 heterocycles. The molecule has 7 nitrogen and oxygen atoms in total. The molecule has 1 fully saturated rings. The summed E-state index contributed by atoms with van der Waals surface area (Å²) in [5, 5.41) is 5.96. The van der Waals surface area contributed by atoms with Gasteiger partial charge in [-0.2, -0.15) is 0 Å². The van der Waals surface area contributed by atoms with E-state index in [9.17, 15) is 14.4 Å². The Bertz CT molecular complexity index is 915. The first-order chi connectivity index (χ1) is 13.9. The molecule has 0 radical (unpaired) electrons. The quantitative estimate of drug-likeness (QED) is 0.677. The van der Waals surface area contributed by atoms with Crippen LogP contribution < -0.4 is 15.4 Å². The van der Waals surface area contributed by atoms with Crippen molar-refractivity contribution < 1.29 is 19.1 Å². The molecule has 1 atom stereocenters. The van der Waals surface area contributed by atoms with Gasteiger partial charge in [0.1, 0.15) is 17.8 Å². The number of nitrogens with one attached hydrogen (secondary N) is 2. The number of hydrogen-bond acceptors (Lipinski definition) is 4. The highest BCUT2D eigenvalue weighted by Crippen LogP contribution is 2.33. The molecule has 29 heavy (non-hydrogen) atoms. The number of ether oxygens (including phenoxy) is 1. The highest BCUT2D eigenvalue weighted by Gasteiger charge is 2.51. The molecule has 3 rings (SSSR count). The van der Waals surface area contributed by atoms with Crippen molar-refractivity contribution in [1.29, 1.82) is 0 Å². The summed E-state index contributed by atoms with van der Waals surface area (Å²) in [4.78, 5) is 38.9. The van der Waals surface area contributed by atoms with E-state index in [4.69, 9.17) is 16.3 Å². The first-order valence-corrected chi connectivity index (χ1v) is 9.70. The largest absolute Gasteiger partial charge is 0.494 e. The average molecular weight is 416 g/mol. The molecule has 0 saturated carbocycles. The van der Waals surface area contributed by atoms with Gasteiger partial charge in [-0.25, -0.2) is 4.79 Å². The molecule has 2 N–H and O–H groups in total. The topological polar surface area (TPSA) is 87.7 Å². The number of anilines is 1. The third-order valence-corrected chi connectivity index (χ3v) is 5.05. The van der Waals surface area contributed by atoms with Gasteiger partial charge in [0.05, 0.1) is 6.61 Å². The monoisotopic (exact) mass is 415 g/mol. The molecule has 2 aromatic carbocycles. The smallest absolute Gasteiger partial charge is 0.325 e. The highest BCUT2D eigenvalue weighted by atomic mass is 35.5. The zero-order valence-corrected chi connectivity index (χ0v) is 17.0. The Balaban J connectivity index is 1.72. The van der Waals surface area contributed by atoms with Gasteiger partial charge in [0.15, 0.2) is 0 Å². The number of hydrogen-bond donors (Lipinski definition) is 2. The Hall–Kier alpha value is -3.06. The fraction of sp³-hybridized carbons (Fsp3) is 0.286. The zero-order valence-electron chi connectivity index (χ0n) is 16.2. The van der Waals surface area contributed by atoms with E-state index in [1.54, 1.807) is 55.5 Å². The van der Waals surface area contributed by atoms with Crippen molar-refractivity contribution in [3.8, 4) is 5.75 Å². The molecule has 1 aliphatic rings. The van der Waals surface area contributed by atoms with Crippen LogP contribution in [0.15, 0.2) is 48.5 Å². The van der Waals surface area contributed by atoms with Gasteiger partial charge in [0.25, 0.3) is 5.91 Å². The molecule has 0 bridgehead atoms. The maximum Gasteiger partial charge on any atom is 0.325 e. The third kappa shape index (κ3) is 4.19. The number of rotatable bonds is 7. The SMILES string of the molecule is CCOc1ccc(NC(=O)CN2C(=O)NC(CC)(c3ccc(Cl)cc3)C2=O)cc1. The van der Waals surface area contributed by atoms with Crippen molar-refractivity contribution in [1.82, 2.24) is 10.2 Å². The van der Waals surface area contributed by atoms with Gasteiger partial charge >= 0.3 is 6.03 Å². The second-order valence-corrected chi connectivity index (χ2v) is 7.03. The lowest BCUT2D eigenvalue weighted by atomic mass is 9.87. The number of halogens is 1. The number of benzene rings is 2. The molecule has 8 heteroatoms. The summed E-state index contributed by atoms with van der Waals surface area (Å²) in [5.74, 6) is -0.245. The van der Waals surface area contributed by atoms with Crippen LogP contribution >= 0.6 is 11.6 Å². The van der Waals surface area contributed by atoms with E-state index < -0.39 is 23.4 Å². The van der Waals surface area contributed by atoms with Crippen molar-refractivity contribution in [2.45, 2.75) is 25.8 Å². The van der Waals surface area contributed by atoms with Gasteiger partial charge in [-0.15, -0.1) is 0 Å². The summed E-state index contributed by atoms with van der Waals surface area (Å²) in [5.41, 5.74) is -0.0386. The number of carbonyl (C=O) groups excluding carboxylic acids is 3. The van der Waals surface area contributed by atoms with E-state index in [0.29, 0.717) is 35.1 Å². The summed E-state index contributed by atoms with van der Waals surface area (Å²) in [6.45, 7) is 3.85. The molecule has 0 aliphatic carbocycles. The van der Waals surface area contributed by atoms with Gasteiger partial charge in [0.2, 0.25) is 5.91 Å². The second-order valence-electron chi connectivity index (χ2n) is 6.59. The Morgan fingerprint density at radius 2 is 1.76 bits per heavy atom. The van der Waals surface area contributed by atoms with Gasteiger partial charge in [-0.3, -0.25) is 14.5 Å². The van der Waals surface area contributed by atoms with E-state index in [0.717, 1.165) is 4.90 Å². The minimum absolute atomic E-state index is 0.343. The van der Waals surface area contributed by atoms with Crippen LogP contribution in [0.3, 0.4) is 0 Å². The lowest BCUT2D eigenvalue weighted by Crippen LogP contribution is -2.44. The van der Waals surface area contributed by atoms with Crippen LogP contribution in [-0.2, 0) is 15.1 Å². The summed E-state index contributed by atoms with van der Waals surface area (Å²) in [6.07, 6.45) is 0.343. The van der Waals surface area contributed by atoms with Crippen molar-refractivity contribution in [3.63, 3.8) is 0 Å². The van der Waals surface area contributed by atoms with E-state index in [1.807, 2.05) is 6.92 Å². The van der Waals surface area contributed by atoms with E-state index in [1.165, 1.54) is 0 Å². The van der Waals surface area contributed by atoms with Crippen LogP contribution in [0, 0.1) is 0 Å². The predicted octanol–water partition coefficient (Wildman–Crippen LogP) is 3.53. The minimum Gasteiger partial charge on any atom is -0.494 e. The van der Waals surface area contributed by atoms with Crippen LogP contribution in [-0.4, -0.2) is 35.9 Å². The molecule has 1 unspecified atom stereocenters. The van der Waals surface area contributed by atoms with Crippen LogP contribution in [0.5, 0.6) is 5.75 Å². The van der Waals surface area contributed by atoms with Gasteiger partial charge in [-0.05, 0) is 55.3 Å². The average Bonchev–Trinajstić information content (AvgIpc) is 2.95. The Kier molecular flexibility index (Phi) is 6.08. The standard InChI is InChI=1S/C21H22ClN3O4/c1-3-21(14-5-7-15(22)8-6-14)19(27)25(20(28)24-21)13-18(26)23-16-9-11-17(12-10-16)29-4-2/h5-12H,3-4,13H2,1-2H3,(H,23,26)(H,24,28). The summed E-state index contributed by atoms with van der Waals surface area (Å²) in [6, 6.07) is 13.0. The Morgan fingerprint density at radius 1 is 1.10 bits per heavy atom. The third-order valence-electron chi connectivity index (χ3n) is 4.79. The molecule has 1 aliphatic heterocycles. The zero-order chi connectivity index (χ0) is 21.0. The normalized spacial score (nSPS) is 18.5. The maximum absolute atomic E-state index is 13.1. The minimum atomic E-state index is -1.21. The lowest BCUT2D eigenvalue weighted by Gasteiger charge is -2.25. The predicted molar refractivity (Wildman–Crippen MR) is 110 cm³/mol. The highest BCUT2D eigenvalue weighted by molar-refractivity contribution is 6.30. The maximum atomic E-state index is 13.1. The molecule has 152 valence electrons. The number of imide groups is 1. The van der Waals surface area contributed by atoms with Crippen molar-refractivity contribution in [2.75, 3.05) is 18.5 Å². The van der Waals surface area contributed by atoms with Gasteiger partial charge in [0, 0.05) is 10.7 Å². The van der Waals surface area contributed by atoms with Crippen molar-refractivity contribution >= 4 is 35.1 Å². The number of amides is 4. The first kappa shape index (κ1) is 20.7. The molecule has 4 amide bonds. The molecular weight excluding hydrogens is 394 g/mol. The summed E-state index contributed by atoms with van der Waals surface area (Å²) in [7, 11) is 0. The molecule has 0 spiro atoms. The first-order valence-electron chi connectivity index (χ1n) is 9.32. The van der Waals surface area contributed by atoms with Gasteiger partial charge in [-0.1, -0.05) is 30.7 Å². The molecule has 0 aromatic heterocycles. The van der Waals surface area contributed by atoms with Crippen LogP contribution in [0.4, 0.5) is 10.5 Å². The van der Waals surface area contributed by atoms with Crippen molar-refractivity contribution in [2.24, 2.45) is 0 Å². The van der Waals surface area contributed by atoms with Crippen molar-refractivity contribution in [3.05, 3.63) is 59.1 Å². The van der Waals surface area contributed by atoms with Gasteiger partial charge < -0.3 is 15.4 Å². The molecule has 2 aromatic rings. The van der Waals surface area contributed by atoms with E-state index >= 15 is 0 Å². The molecule has 1 saturated heterocycles. The fourth-order valence-electron chi connectivity index (χ4n) is 3.29.